The molecule has 1 aliphatic heterocycles. The second-order valence-corrected chi connectivity index (χ2v) is 7.12. The molecule has 7 heteroatoms. The highest BCUT2D eigenvalue weighted by molar-refractivity contribution is 7.89. The summed E-state index contributed by atoms with van der Waals surface area (Å²) in [7, 11) is -0.369. The van der Waals surface area contributed by atoms with Gasteiger partial charge in [-0.3, -0.25) is 0 Å². The van der Waals surface area contributed by atoms with Crippen molar-refractivity contribution in [2.24, 2.45) is 0 Å². The third-order valence-corrected chi connectivity index (χ3v) is 5.73. The minimum absolute atomic E-state index is 0. The average Bonchev–Trinajstić information content (AvgIpc) is 2.47. The summed E-state index contributed by atoms with van der Waals surface area (Å²) in [4.78, 5) is 0.251. The Balaban J connectivity index is 0.00000220. The van der Waals surface area contributed by atoms with Gasteiger partial charge in [0.05, 0.1) is 7.11 Å². The minimum Gasteiger partial charge on any atom is -0.495 e. The molecule has 1 aliphatic rings. The Kier molecular flexibility index (Phi) is 6.46. The molecule has 1 aromatic carbocycles. The first kappa shape index (κ1) is 18.2. The van der Waals surface area contributed by atoms with Crippen LogP contribution in [-0.4, -0.2) is 46.0 Å². The fourth-order valence-corrected chi connectivity index (χ4v) is 4.16. The monoisotopic (exact) mass is 334 g/mol. The van der Waals surface area contributed by atoms with Crippen LogP contribution >= 0.6 is 12.4 Å². The van der Waals surface area contributed by atoms with E-state index in [-0.39, 0.29) is 23.3 Å². The lowest BCUT2D eigenvalue weighted by molar-refractivity contribution is 0.295. The van der Waals surface area contributed by atoms with E-state index in [2.05, 4.69) is 5.32 Å². The maximum atomic E-state index is 12.8. The molecule has 1 aromatic rings. The molecule has 2 rings (SSSR count). The van der Waals surface area contributed by atoms with Gasteiger partial charge in [-0.15, -0.1) is 12.4 Å². The highest BCUT2D eigenvalue weighted by Gasteiger charge is 2.31. The fraction of sp³-hybridized carbons (Fsp3) is 0.571. The molecule has 0 amide bonds. The number of nitrogens with one attached hydrogen (secondary N) is 1. The van der Waals surface area contributed by atoms with Crippen LogP contribution in [0, 0.1) is 6.92 Å². The molecule has 0 unspecified atom stereocenters. The third-order valence-electron chi connectivity index (χ3n) is 3.80. The van der Waals surface area contributed by atoms with E-state index in [0.29, 0.717) is 5.75 Å². The Hall–Kier alpha value is -0.820. The van der Waals surface area contributed by atoms with Crippen molar-refractivity contribution in [2.45, 2.75) is 30.7 Å². The highest BCUT2D eigenvalue weighted by atomic mass is 35.5. The van der Waals surface area contributed by atoms with Gasteiger partial charge in [0.25, 0.3) is 0 Å². The second-order valence-electron chi connectivity index (χ2n) is 5.16. The molecule has 120 valence electrons. The summed E-state index contributed by atoms with van der Waals surface area (Å²) in [5.41, 5.74) is 0.906. The normalized spacial score (nSPS) is 16.6. The first-order valence-corrected chi connectivity index (χ1v) is 8.24. The van der Waals surface area contributed by atoms with E-state index < -0.39 is 10.0 Å². The van der Waals surface area contributed by atoms with Gasteiger partial charge < -0.3 is 10.1 Å². The van der Waals surface area contributed by atoms with E-state index in [4.69, 9.17) is 4.74 Å². The number of ether oxygens (including phenoxy) is 1. The van der Waals surface area contributed by atoms with E-state index in [0.717, 1.165) is 31.5 Å². The van der Waals surface area contributed by atoms with Gasteiger partial charge in [0.1, 0.15) is 10.6 Å². The number of hydrogen-bond acceptors (Lipinski definition) is 4. The SMILES string of the molecule is COc1ccc(C)cc1S(=O)(=O)N(C)C1CCNCC1.Cl. The molecular weight excluding hydrogens is 312 g/mol. The number of aryl methyl sites for hydroxylation is 1. The predicted molar refractivity (Wildman–Crippen MR) is 85.8 cm³/mol. The van der Waals surface area contributed by atoms with Gasteiger partial charge in [0.15, 0.2) is 0 Å². The van der Waals surface area contributed by atoms with Gasteiger partial charge >= 0.3 is 0 Å². The van der Waals surface area contributed by atoms with E-state index in [1.54, 1.807) is 19.2 Å². The van der Waals surface area contributed by atoms with Crippen molar-refractivity contribution in [2.75, 3.05) is 27.2 Å². The van der Waals surface area contributed by atoms with Crippen molar-refractivity contribution < 1.29 is 13.2 Å². The van der Waals surface area contributed by atoms with Crippen LogP contribution in [0.3, 0.4) is 0 Å². The number of methoxy groups -OCH3 is 1. The van der Waals surface area contributed by atoms with Crippen LogP contribution in [-0.2, 0) is 10.0 Å². The number of hydrogen-bond donors (Lipinski definition) is 1. The van der Waals surface area contributed by atoms with Crippen LogP contribution in [0.5, 0.6) is 5.75 Å². The summed E-state index contributed by atoms with van der Waals surface area (Å²) in [5.74, 6) is 0.399. The molecule has 1 fully saturated rings. The summed E-state index contributed by atoms with van der Waals surface area (Å²) in [5, 5.41) is 3.25. The van der Waals surface area contributed by atoms with Crippen molar-refractivity contribution >= 4 is 22.4 Å². The Bertz CT molecular complexity index is 572. The van der Waals surface area contributed by atoms with E-state index >= 15 is 0 Å². The van der Waals surface area contributed by atoms with Crippen molar-refractivity contribution in [3.05, 3.63) is 23.8 Å². The molecule has 0 aliphatic carbocycles. The van der Waals surface area contributed by atoms with Crippen LogP contribution in [0.4, 0.5) is 0 Å². The first-order valence-electron chi connectivity index (χ1n) is 6.80. The van der Waals surface area contributed by atoms with Crippen LogP contribution in [0.15, 0.2) is 23.1 Å². The lowest BCUT2D eigenvalue weighted by atomic mass is 10.1. The number of rotatable bonds is 4. The van der Waals surface area contributed by atoms with Gasteiger partial charge in [-0.25, -0.2) is 8.42 Å². The first-order chi connectivity index (χ1) is 9.46. The Labute approximate surface area is 133 Å². The van der Waals surface area contributed by atoms with Crippen LogP contribution in [0.2, 0.25) is 0 Å². The summed E-state index contributed by atoms with van der Waals surface area (Å²) in [6.45, 7) is 3.59. The molecule has 1 heterocycles. The largest absolute Gasteiger partial charge is 0.495 e. The Morgan fingerprint density at radius 2 is 1.90 bits per heavy atom. The number of nitrogens with zero attached hydrogens (tertiary/aromatic N) is 1. The van der Waals surface area contributed by atoms with Gasteiger partial charge in [-0.05, 0) is 50.6 Å². The van der Waals surface area contributed by atoms with Crippen LogP contribution in [0.1, 0.15) is 18.4 Å². The molecule has 0 spiro atoms. The standard InChI is InChI=1S/C14H22N2O3S.ClH/c1-11-4-5-13(19-3)14(10-11)20(17,18)16(2)12-6-8-15-9-7-12;/h4-5,10,12,15H,6-9H2,1-3H3;1H. The lowest BCUT2D eigenvalue weighted by Gasteiger charge is -2.31. The molecule has 1 saturated heterocycles. The summed E-state index contributed by atoms with van der Waals surface area (Å²) >= 11 is 0. The molecule has 0 atom stereocenters. The molecule has 5 nitrogen and oxygen atoms in total. The topological polar surface area (TPSA) is 58.6 Å². The number of sulfonamides is 1. The van der Waals surface area contributed by atoms with E-state index in [1.807, 2.05) is 13.0 Å². The Morgan fingerprint density at radius 1 is 1.29 bits per heavy atom. The van der Waals surface area contributed by atoms with Crippen molar-refractivity contribution in [1.29, 1.82) is 0 Å². The molecule has 0 saturated carbocycles. The van der Waals surface area contributed by atoms with E-state index in [9.17, 15) is 8.42 Å². The third kappa shape index (κ3) is 3.88. The molecule has 0 radical (unpaired) electrons. The minimum atomic E-state index is -3.52. The summed E-state index contributed by atoms with van der Waals surface area (Å²) in [6, 6.07) is 5.28. The van der Waals surface area contributed by atoms with E-state index in [1.165, 1.54) is 11.4 Å². The molecule has 21 heavy (non-hydrogen) atoms. The van der Waals surface area contributed by atoms with Crippen LogP contribution < -0.4 is 10.1 Å². The molecule has 0 bridgehead atoms. The van der Waals surface area contributed by atoms with Gasteiger partial charge in [-0.2, -0.15) is 4.31 Å². The molecule has 1 N–H and O–H groups in total. The average molecular weight is 335 g/mol. The summed E-state index contributed by atoms with van der Waals surface area (Å²) in [6.07, 6.45) is 1.67. The van der Waals surface area contributed by atoms with Crippen molar-refractivity contribution in [3.8, 4) is 5.75 Å². The maximum Gasteiger partial charge on any atom is 0.246 e. The molecular formula is C14H23ClN2O3S. The van der Waals surface area contributed by atoms with Crippen molar-refractivity contribution in [1.82, 2.24) is 9.62 Å². The van der Waals surface area contributed by atoms with Gasteiger partial charge in [0.2, 0.25) is 10.0 Å². The Morgan fingerprint density at radius 3 is 2.48 bits per heavy atom. The second kappa shape index (κ2) is 7.45. The van der Waals surface area contributed by atoms with Gasteiger partial charge in [0, 0.05) is 13.1 Å². The molecule has 0 aromatic heterocycles. The van der Waals surface area contributed by atoms with Gasteiger partial charge in [-0.1, -0.05) is 6.07 Å². The van der Waals surface area contributed by atoms with Crippen LogP contribution in [0.25, 0.3) is 0 Å². The summed E-state index contributed by atoms with van der Waals surface area (Å²) < 4.78 is 32.3. The zero-order valence-corrected chi connectivity index (χ0v) is 14.3. The number of halogens is 1. The zero-order chi connectivity index (χ0) is 14.8. The quantitative estimate of drug-likeness (QED) is 0.912. The smallest absolute Gasteiger partial charge is 0.246 e. The number of piperidine rings is 1. The van der Waals surface area contributed by atoms with Crippen molar-refractivity contribution in [3.63, 3.8) is 0 Å². The number of benzene rings is 1. The maximum absolute atomic E-state index is 12.8. The predicted octanol–water partition coefficient (Wildman–Crippen LogP) is 1.80. The zero-order valence-electron chi connectivity index (χ0n) is 12.6. The fourth-order valence-electron chi connectivity index (χ4n) is 2.51. The lowest BCUT2D eigenvalue weighted by Crippen LogP contribution is -2.43. The highest BCUT2D eigenvalue weighted by Crippen LogP contribution is 2.29.